The molecule has 0 radical (unpaired) electrons. The van der Waals surface area contributed by atoms with Crippen LogP contribution in [0.5, 0.6) is 0 Å². The largest absolute Gasteiger partial charge is 0.392 e. The molecule has 1 aromatic heterocycles. The molecule has 1 aliphatic carbocycles. The van der Waals surface area contributed by atoms with Crippen molar-refractivity contribution in [3.63, 3.8) is 0 Å². The molecule has 16 heavy (non-hydrogen) atoms. The monoisotopic (exact) mass is 220 g/mol. The van der Waals surface area contributed by atoms with Crippen molar-refractivity contribution in [3.8, 4) is 0 Å². The zero-order chi connectivity index (χ0) is 11.4. The van der Waals surface area contributed by atoms with E-state index in [1.54, 1.807) is 6.20 Å². The van der Waals surface area contributed by atoms with Crippen molar-refractivity contribution in [1.82, 2.24) is 4.98 Å². The van der Waals surface area contributed by atoms with E-state index in [4.69, 9.17) is 5.11 Å². The molecule has 0 aromatic carbocycles. The first-order valence-electron chi connectivity index (χ1n) is 6.14. The van der Waals surface area contributed by atoms with Crippen LogP contribution in [0.2, 0.25) is 0 Å². The lowest BCUT2D eigenvalue weighted by Gasteiger charge is -2.32. The lowest BCUT2D eigenvalue weighted by molar-refractivity contribution is 0.281. The maximum atomic E-state index is 9.11. The van der Waals surface area contributed by atoms with E-state index in [1.807, 2.05) is 12.1 Å². The summed E-state index contributed by atoms with van der Waals surface area (Å²) < 4.78 is 0. The fraction of sp³-hybridized carbons (Fsp3) is 0.615. The van der Waals surface area contributed by atoms with Crippen molar-refractivity contribution >= 4 is 5.82 Å². The van der Waals surface area contributed by atoms with E-state index in [0.29, 0.717) is 0 Å². The number of aliphatic hydroxyl groups is 1. The minimum absolute atomic E-state index is 0.0938. The third-order valence-corrected chi connectivity index (χ3v) is 3.40. The SMILES string of the molecule is CCN(CC1CCC1)c1cc(CO)ccn1. The summed E-state index contributed by atoms with van der Waals surface area (Å²) in [6.07, 6.45) is 5.88. The molecule has 2 rings (SSSR count). The van der Waals surface area contributed by atoms with Crippen molar-refractivity contribution in [1.29, 1.82) is 0 Å². The normalized spacial score (nSPS) is 15.9. The molecule has 3 heteroatoms. The second-order valence-electron chi connectivity index (χ2n) is 4.52. The summed E-state index contributed by atoms with van der Waals surface area (Å²) in [5, 5.41) is 9.11. The quantitative estimate of drug-likeness (QED) is 0.826. The van der Waals surface area contributed by atoms with Gasteiger partial charge in [-0.3, -0.25) is 0 Å². The lowest BCUT2D eigenvalue weighted by Crippen LogP contribution is -2.33. The van der Waals surface area contributed by atoms with Gasteiger partial charge in [-0.05, 0) is 43.4 Å². The van der Waals surface area contributed by atoms with Gasteiger partial charge in [0, 0.05) is 19.3 Å². The fourth-order valence-corrected chi connectivity index (χ4v) is 2.10. The van der Waals surface area contributed by atoms with Crippen LogP contribution in [-0.2, 0) is 6.61 Å². The van der Waals surface area contributed by atoms with E-state index in [1.165, 1.54) is 19.3 Å². The van der Waals surface area contributed by atoms with Crippen LogP contribution in [0, 0.1) is 5.92 Å². The number of aromatic nitrogens is 1. The van der Waals surface area contributed by atoms with Gasteiger partial charge in [-0.1, -0.05) is 6.42 Å². The van der Waals surface area contributed by atoms with Crippen molar-refractivity contribution < 1.29 is 5.11 Å². The molecule has 1 aliphatic rings. The third kappa shape index (κ3) is 2.53. The average molecular weight is 220 g/mol. The summed E-state index contributed by atoms with van der Waals surface area (Å²) >= 11 is 0. The molecule has 0 atom stereocenters. The maximum Gasteiger partial charge on any atom is 0.128 e. The fourth-order valence-electron chi connectivity index (χ4n) is 2.10. The minimum Gasteiger partial charge on any atom is -0.392 e. The predicted octanol–water partition coefficient (Wildman–Crippen LogP) is 2.20. The Kier molecular flexibility index (Phi) is 3.78. The maximum absolute atomic E-state index is 9.11. The van der Waals surface area contributed by atoms with Crippen LogP contribution in [0.25, 0.3) is 0 Å². The molecule has 0 unspecified atom stereocenters. The molecule has 1 aromatic rings. The van der Waals surface area contributed by atoms with Gasteiger partial charge >= 0.3 is 0 Å². The van der Waals surface area contributed by atoms with Crippen LogP contribution in [0.4, 0.5) is 5.82 Å². The Hall–Kier alpha value is -1.09. The van der Waals surface area contributed by atoms with Gasteiger partial charge in [-0.15, -0.1) is 0 Å². The Labute approximate surface area is 97.1 Å². The highest BCUT2D eigenvalue weighted by molar-refractivity contribution is 5.40. The molecule has 3 nitrogen and oxygen atoms in total. The van der Waals surface area contributed by atoms with E-state index in [0.717, 1.165) is 30.4 Å². The Morgan fingerprint density at radius 3 is 2.88 bits per heavy atom. The molecule has 0 spiro atoms. The molecule has 0 bridgehead atoms. The summed E-state index contributed by atoms with van der Waals surface area (Å²) in [4.78, 5) is 6.69. The van der Waals surface area contributed by atoms with Gasteiger partial charge < -0.3 is 10.0 Å². The second-order valence-corrected chi connectivity index (χ2v) is 4.52. The summed E-state index contributed by atoms with van der Waals surface area (Å²) in [7, 11) is 0. The van der Waals surface area contributed by atoms with Crippen molar-refractivity contribution in [2.45, 2.75) is 32.8 Å². The number of aliphatic hydroxyl groups excluding tert-OH is 1. The first-order valence-corrected chi connectivity index (χ1v) is 6.14. The van der Waals surface area contributed by atoms with Crippen LogP contribution in [0.15, 0.2) is 18.3 Å². The Morgan fingerprint density at radius 2 is 2.31 bits per heavy atom. The van der Waals surface area contributed by atoms with Gasteiger partial charge in [-0.2, -0.15) is 0 Å². The molecule has 88 valence electrons. The second kappa shape index (κ2) is 5.30. The molecule has 0 amide bonds. The van der Waals surface area contributed by atoms with E-state index >= 15 is 0 Å². The molecule has 1 saturated carbocycles. The molecular weight excluding hydrogens is 200 g/mol. The number of anilines is 1. The zero-order valence-electron chi connectivity index (χ0n) is 9.89. The van der Waals surface area contributed by atoms with Gasteiger partial charge in [0.05, 0.1) is 6.61 Å². The number of hydrogen-bond donors (Lipinski definition) is 1. The highest BCUT2D eigenvalue weighted by Gasteiger charge is 2.20. The highest BCUT2D eigenvalue weighted by atomic mass is 16.3. The molecule has 1 heterocycles. The molecule has 0 saturated heterocycles. The molecule has 1 fully saturated rings. The van der Waals surface area contributed by atoms with Crippen molar-refractivity contribution in [3.05, 3.63) is 23.9 Å². The van der Waals surface area contributed by atoms with Crippen LogP contribution in [-0.4, -0.2) is 23.2 Å². The molecular formula is C13H20N2O. The Balaban J connectivity index is 2.05. The van der Waals surface area contributed by atoms with Gasteiger partial charge in [0.2, 0.25) is 0 Å². The van der Waals surface area contributed by atoms with Crippen LogP contribution >= 0.6 is 0 Å². The van der Waals surface area contributed by atoms with Gasteiger partial charge in [-0.25, -0.2) is 4.98 Å². The van der Waals surface area contributed by atoms with Crippen LogP contribution in [0.1, 0.15) is 31.7 Å². The number of hydrogen-bond acceptors (Lipinski definition) is 3. The van der Waals surface area contributed by atoms with Gasteiger partial charge in [0.25, 0.3) is 0 Å². The topological polar surface area (TPSA) is 36.4 Å². The standard InChI is InChI=1S/C13H20N2O/c1-2-15(9-11-4-3-5-11)13-8-12(10-16)6-7-14-13/h6-8,11,16H,2-5,9-10H2,1H3. The van der Waals surface area contributed by atoms with Gasteiger partial charge in [0.15, 0.2) is 0 Å². The molecule has 0 aliphatic heterocycles. The van der Waals surface area contributed by atoms with Crippen molar-refractivity contribution in [2.75, 3.05) is 18.0 Å². The number of rotatable bonds is 5. The van der Waals surface area contributed by atoms with E-state index in [2.05, 4.69) is 16.8 Å². The third-order valence-electron chi connectivity index (χ3n) is 3.40. The predicted molar refractivity (Wildman–Crippen MR) is 65.4 cm³/mol. The minimum atomic E-state index is 0.0938. The van der Waals surface area contributed by atoms with E-state index < -0.39 is 0 Å². The number of pyridine rings is 1. The van der Waals surface area contributed by atoms with Crippen molar-refractivity contribution in [2.24, 2.45) is 5.92 Å². The first kappa shape index (κ1) is 11.4. The Bertz CT molecular complexity index is 336. The lowest BCUT2D eigenvalue weighted by atomic mass is 9.85. The average Bonchev–Trinajstić information content (AvgIpc) is 2.28. The Morgan fingerprint density at radius 1 is 1.50 bits per heavy atom. The summed E-state index contributed by atoms with van der Waals surface area (Å²) in [6, 6.07) is 3.85. The van der Waals surface area contributed by atoms with Gasteiger partial charge in [0.1, 0.15) is 5.82 Å². The summed E-state index contributed by atoms with van der Waals surface area (Å²) in [5.41, 5.74) is 0.942. The van der Waals surface area contributed by atoms with E-state index in [-0.39, 0.29) is 6.61 Å². The summed E-state index contributed by atoms with van der Waals surface area (Å²) in [6.45, 7) is 4.35. The van der Waals surface area contributed by atoms with Crippen LogP contribution in [0.3, 0.4) is 0 Å². The number of nitrogens with zero attached hydrogens (tertiary/aromatic N) is 2. The highest BCUT2D eigenvalue weighted by Crippen LogP contribution is 2.28. The summed E-state index contributed by atoms with van der Waals surface area (Å²) in [5.74, 6) is 1.85. The zero-order valence-corrected chi connectivity index (χ0v) is 9.89. The van der Waals surface area contributed by atoms with E-state index in [9.17, 15) is 0 Å². The first-order chi connectivity index (χ1) is 7.83. The molecule has 1 N–H and O–H groups in total. The smallest absolute Gasteiger partial charge is 0.128 e. The van der Waals surface area contributed by atoms with Crippen LogP contribution < -0.4 is 4.90 Å².